The number of fused-ring (bicyclic) bond motifs is 5. The predicted molar refractivity (Wildman–Crippen MR) is 63.4 cm³/mol. The van der Waals surface area contributed by atoms with Gasteiger partial charge in [0.2, 0.25) is 11.4 Å². The van der Waals surface area contributed by atoms with E-state index < -0.39 is 0 Å². The molecule has 1 N–H and O–H groups in total. The van der Waals surface area contributed by atoms with Gasteiger partial charge in [-0.2, -0.15) is 0 Å². The Balaban J connectivity index is 2.38. The maximum absolute atomic E-state index is 5.67. The van der Waals surface area contributed by atoms with Crippen molar-refractivity contribution >= 4 is 33.1 Å². The van der Waals surface area contributed by atoms with Crippen molar-refractivity contribution < 1.29 is 4.42 Å². The van der Waals surface area contributed by atoms with Crippen LogP contribution >= 0.6 is 0 Å². The van der Waals surface area contributed by atoms with Crippen molar-refractivity contribution in [2.45, 2.75) is 0 Å². The van der Waals surface area contributed by atoms with Gasteiger partial charge in [-0.15, -0.1) is 0 Å². The molecule has 0 atom stereocenters. The van der Waals surface area contributed by atoms with Crippen molar-refractivity contribution in [2.75, 3.05) is 0 Å². The molecule has 0 amide bonds. The van der Waals surface area contributed by atoms with Gasteiger partial charge >= 0.3 is 0 Å². The summed E-state index contributed by atoms with van der Waals surface area (Å²) >= 11 is 0. The van der Waals surface area contributed by atoms with Gasteiger partial charge in [-0.05, 0) is 18.2 Å². The molecule has 3 heteroatoms. The fourth-order valence-electron chi connectivity index (χ4n) is 2.22. The molecule has 76 valence electrons. The van der Waals surface area contributed by atoms with Crippen LogP contribution in [-0.2, 0) is 0 Å². The van der Waals surface area contributed by atoms with E-state index >= 15 is 0 Å². The van der Waals surface area contributed by atoms with Crippen molar-refractivity contribution in [2.24, 2.45) is 0 Å². The molecule has 4 aromatic rings. The minimum absolute atomic E-state index is 0.689. The summed E-state index contributed by atoms with van der Waals surface area (Å²) in [6.07, 6.45) is 1.74. The monoisotopic (exact) mass is 208 g/mol. The van der Waals surface area contributed by atoms with Gasteiger partial charge in [-0.3, -0.25) is 0 Å². The lowest BCUT2D eigenvalue weighted by atomic mass is 10.1. The number of benzene rings is 1. The summed E-state index contributed by atoms with van der Waals surface area (Å²) in [7, 11) is 0. The minimum atomic E-state index is 0.689. The second kappa shape index (κ2) is 2.64. The minimum Gasteiger partial charge on any atom is -0.421 e. The molecule has 0 fully saturated rings. The van der Waals surface area contributed by atoms with E-state index in [-0.39, 0.29) is 0 Å². The Morgan fingerprint density at radius 2 is 1.88 bits per heavy atom. The van der Waals surface area contributed by atoms with Crippen LogP contribution in [0.15, 0.2) is 47.0 Å². The number of nitrogens with one attached hydrogen (secondary N) is 1. The van der Waals surface area contributed by atoms with Gasteiger partial charge in [0.05, 0.1) is 10.8 Å². The van der Waals surface area contributed by atoms with Crippen LogP contribution in [0, 0.1) is 0 Å². The Hall–Kier alpha value is -2.29. The Kier molecular flexibility index (Phi) is 1.31. The summed E-state index contributed by atoms with van der Waals surface area (Å²) in [5.74, 6) is 0. The summed E-state index contributed by atoms with van der Waals surface area (Å²) in [5, 5.41) is 3.37. The Morgan fingerprint density at radius 1 is 1.00 bits per heavy atom. The van der Waals surface area contributed by atoms with Crippen LogP contribution in [-0.4, -0.2) is 9.97 Å². The third kappa shape index (κ3) is 0.852. The van der Waals surface area contributed by atoms with Gasteiger partial charge in [0, 0.05) is 17.1 Å². The van der Waals surface area contributed by atoms with Crippen LogP contribution in [0.5, 0.6) is 0 Å². The lowest BCUT2D eigenvalue weighted by Gasteiger charge is -1.89. The normalized spacial score (nSPS) is 11.8. The van der Waals surface area contributed by atoms with Crippen LogP contribution in [0.25, 0.3) is 33.1 Å². The topological polar surface area (TPSA) is 41.8 Å². The molecule has 16 heavy (non-hydrogen) atoms. The van der Waals surface area contributed by atoms with Crippen LogP contribution in [0.4, 0.5) is 0 Å². The molecule has 4 rings (SSSR count). The Labute approximate surface area is 90.7 Å². The predicted octanol–water partition coefficient (Wildman–Crippen LogP) is 3.46. The highest BCUT2D eigenvalue weighted by Crippen LogP contribution is 2.33. The zero-order valence-electron chi connectivity index (χ0n) is 8.40. The zero-order valence-corrected chi connectivity index (χ0v) is 8.40. The number of aromatic amines is 1. The highest BCUT2D eigenvalue weighted by atomic mass is 16.3. The number of furan rings is 1. The maximum Gasteiger partial charge on any atom is 0.229 e. The first kappa shape index (κ1) is 7.93. The van der Waals surface area contributed by atoms with E-state index in [4.69, 9.17) is 4.42 Å². The number of nitrogens with zero attached hydrogens (tertiary/aromatic N) is 1. The lowest BCUT2D eigenvalue weighted by molar-refractivity contribution is 0.643. The molecule has 0 aliphatic heterocycles. The van der Waals surface area contributed by atoms with Crippen LogP contribution in [0.1, 0.15) is 0 Å². The van der Waals surface area contributed by atoms with Crippen molar-refractivity contribution in [3.8, 4) is 0 Å². The Bertz CT molecular complexity index is 745. The standard InChI is InChI=1S/C13H8N2O/c1-2-6-10-8(4-1)11-9-5-3-7-14-12(9)16-13(11)15-10/h1-7,15H. The van der Waals surface area contributed by atoms with E-state index in [0.29, 0.717) is 5.71 Å². The molecule has 0 unspecified atom stereocenters. The van der Waals surface area contributed by atoms with E-state index in [1.165, 1.54) is 5.39 Å². The summed E-state index contributed by atoms with van der Waals surface area (Å²) in [6, 6.07) is 12.2. The summed E-state index contributed by atoms with van der Waals surface area (Å²) < 4.78 is 5.67. The zero-order chi connectivity index (χ0) is 10.5. The maximum atomic E-state index is 5.67. The average molecular weight is 208 g/mol. The fraction of sp³-hybridized carbons (Fsp3) is 0. The van der Waals surface area contributed by atoms with Crippen molar-refractivity contribution in [1.82, 2.24) is 9.97 Å². The summed E-state index contributed by atoms with van der Waals surface area (Å²) in [6.45, 7) is 0. The van der Waals surface area contributed by atoms with Gasteiger partial charge in [-0.25, -0.2) is 4.98 Å². The van der Waals surface area contributed by atoms with E-state index in [0.717, 1.165) is 22.0 Å². The molecule has 3 heterocycles. The van der Waals surface area contributed by atoms with Crippen LogP contribution in [0.2, 0.25) is 0 Å². The number of aromatic nitrogens is 2. The molecule has 3 nitrogen and oxygen atoms in total. The number of para-hydroxylation sites is 1. The van der Waals surface area contributed by atoms with E-state index in [9.17, 15) is 0 Å². The van der Waals surface area contributed by atoms with Crippen molar-refractivity contribution in [3.63, 3.8) is 0 Å². The molecule has 0 aliphatic carbocycles. The van der Waals surface area contributed by atoms with Gasteiger partial charge < -0.3 is 9.40 Å². The molecule has 1 aromatic carbocycles. The van der Waals surface area contributed by atoms with E-state index in [1.807, 2.05) is 30.3 Å². The molecule has 0 aliphatic rings. The molecule has 0 saturated carbocycles. The average Bonchev–Trinajstić information content (AvgIpc) is 2.83. The number of hydrogen-bond donors (Lipinski definition) is 1. The third-order valence-electron chi connectivity index (χ3n) is 2.91. The number of hydrogen-bond acceptors (Lipinski definition) is 2. The van der Waals surface area contributed by atoms with E-state index in [1.54, 1.807) is 6.20 Å². The number of pyridine rings is 1. The van der Waals surface area contributed by atoms with Crippen molar-refractivity contribution in [1.29, 1.82) is 0 Å². The number of rotatable bonds is 0. The highest BCUT2D eigenvalue weighted by molar-refractivity contribution is 6.17. The molecule has 3 aromatic heterocycles. The first-order valence-corrected chi connectivity index (χ1v) is 5.17. The first-order chi connectivity index (χ1) is 7.93. The third-order valence-corrected chi connectivity index (χ3v) is 2.91. The first-order valence-electron chi connectivity index (χ1n) is 5.17. The summed E-state index contributed by atoms with van der Waals surface area (Å²) in [4.78, 5) is 7.47. The number of H-pyrrole nitrogens is 1. The Morgan fingerprint density at radius 3 is 2.88 bits per heavy atom. The fourth-order valence-corrected chi connectivity index (χ4v) is 2.22. The van der Waals surface area contributed by atoms with Gasteiger partial charge in [0.15, 0.2) is 0 Å². The largest absolute Gasteiger partial charge is 0.421 e. The molecule has 0 saturated heterocycles. The van der Waals surface area contributed by atoms with Gasteiger partial charge in [0.25, 0.3) is 0 Å². The van der Waals surface area contributed by atoms with Crippen LogP contribution in [0.3, 0.4) is 0 Å². The molecule has 0 spiro atoms. The van der Waals surface area contributed by atoms with Crippen molar-refractivity contribution in [3.05, 3.63) is 42.6 Å². The molecule has 0 radical (unpaired) electrons. The van der Waals surface area contributed by atoms with Crippen LogP contribution < -0.4 is 0 Å². The van der Waals surface area contributed by atoms with E-state index in [2.05, 4.69) is 16.0 Å². The lowest BCUT2D eigenvalue weighted by Crippen LogP contribution is -1.70. The molecular weight excluding hydrogens is 200 g/mol. The highest BCUT2D eigenvalue weighted by Gasteiger charge is 2.12. The summed E-state index contributed by atoms with van der Waals surface area (Å²) in [5.41, 5.74) is 2.59. The second-order valence-corrected chi connectivity index (χ2v) is 3.83. The van der Waals surface area contributed by atoms with Gasteiger partial charge in [0.1, 0.15) is 0 Å². The smallest absolute Gasteiger partial charge is 0.229 e. The SMILES string of the molecule is c1ccc2c(c1)[nH]c1oc3ncccc3c12. The molecular formula is C13H8N2O. The quantitative estimate of drug-likeness (QED) is 0.480. The molecule has 0 bridgehead atoms. The second-order valence-electron chi connectivity index (χ2n) is 3.83. The van der Waals surface area contributed by atoms with Gasteiger partial charge in [-0.1, -0.05) is 18.2 Å².